The molecule has 0 atom stereocenters. The third-order valence-electron chi connectivity index (χ3n) is 2.45. The summed E-state index contributed by atoms with van der Waals surface area (Å²) in [5.41, 5.74) is -0.0216. The van der Waals surface area contributed by atoms with Crippen LogP contribution in [0, 0.1) is 0 Å². The molecule has 0 amide bonds. The van der Waals surface area contributed by atoms with Gasteiger partial charge in [-0.15, -0.1) is 0 Å². The van der Waals surface area contributed by atoms with E-state index in [1.165, 1.54) is 18.2 Å². The van der Waals surface area contributed by atoms with Crippen LogP contribution in [0.2, 0.25) is 5.02 Å². The van der Waals surface area contributed by atoms with Crippen molar-refractivity contribution >= 4 is 27.6 Å². The third-order valence-corrected chi connectivity index (χ3v) is 4.09. The fourth-order valence-electron chi connectivity index (χ4n) is 1.38. The van der Waals surface area contributed by atoms with Gasteiger partial charge in [-0.1, -0.05) is 11.6 Å². The molecule has 112 valence electrons. The molecule has 0 bridgehead atoms. The van der Waals surface area contributed by atoms with Crippen LogP contribution < -0.4 is 9.46 Å². The monoisotopic (exact) mass is 321 g/mol. The summed E-state index contributed by atoms with van der Waals surface area (Å²) in [6.07, 6.45) is 0.431. The SMILES string of the molecule is CCS(=O)(=O)NCCCOc1ccc(Cl)cc1C(=O)O. The molecule has 0 aliphatic carbocycles. The van der Waals surface area contributed by atoms with Crippen molar-refractivity contribution in [3.05, 3.63) is 28.8 Å². The second-order valence-electron chi connectivity index (χ2n) is 3.95. The number of halogens is 1. The first-order valence-electron chi connectivity index (χ1n) is 5.98. The molecule has 1 aromatic rings. The minimum Gasteiger partial charge on any atom is -0.493 e. The van der Waals surface area contributed by atoms with Gasteiger partial charge in [-0.3, -0.25) is 0 Å². The molecule has 1 aromatic carbocycles. The lowest BCUT2D eigenvalue weighted by Crippen LogP contribution is -2.27. The molecular formula is C12H16ClNO5S. The van der Waals surface area contributed by atoms with Gasteiger partial charge in [0.2, 0.25) is 10.0 Å². The largest absolute Gasteiger partial charge is 0.493 e. The van der Waals surface area contributed by atoms with Crippen LogP contribution in [0.5, 0.6) is 5.75 Å². The van der Waals surface area contributed by atoms with Crippen LogP contribution in [-0.4, -0.2) is 38.4 Å². The van der Waals surface area contributed by atoms with Gasteiger partial charge in [0, 0.05) is 11.6 Å². The summed E-state index contributed by atoms with van der Waals surface area (Å²) in [5, 5.41) is 9.31. The van der Waals surface area contributed by atoms with E-state index in [1.807, 2.05) is 0 Å². The van der Waals surface area contributed by atoms with Gasteiger partial charge in [-0.2, -0.15) is 0 Å². The Balaban J connectivity index is 2.49. The molecule has 0 aliphatic heterocycles. The molecule has 0 spiro atoms. The van der Waals surface area contributed by atoms with Crippen LogP contribution in [0.1, 0.15) is 23.7 Å². The standard InChI is InChI=1S/C12H16ClNO5S/c1-2-20(17,18)14-6-3-7-19-11-5-4-9(13)8-10(11)12(15)16/h4-5,8,14H,2-3,6-7H2,1H3,(H,15,16). The van der Waals surface area contributed by atoms with E-state index in [1.54, 1.807) is 6.92 Å². The maximum absolute atomic E-state index is 11.2. The van der Waals surface area contributed by atoms with Crippen molar-refractivity contribution in [2.24, 2.45) is 0 Å². The van der Waals surface area contributed by atoms with E-state index >= 15 is 0 Å². The van der Waals surface area contributed by atoms with Gasteiger partial charge in [0.15, 0.2) is 0 Å². The number of hydrogen-bond donors (Lipinski definition) is 2. The van der Waals surface area contributed by atoms with E-state index in [9.17, 15) is 13.2 Å². The zero-order chi connectivity index (χ0) is 15.2. The van der Waals surface area contributed by atoms with Gasteiger partial charge in [0.05, 0.1) is 12.4 Å². The van der Waals surface area contributed by atoms with Crippen LogP contribution in [-0.2, 0) is 10.0 Å². The number of ether oxygens (including phenoxy) is 1. The van der Waals surface area contributed by atoms with Crippen LogP contribution >= 0.6 is 11.6 Å². The minimum atomic E-state index is -3.21. The van der Waals surface area contributed by atoms with E-state index < -0.39 is 16.0 Å². The molecule has 0 heterocycles. The molecular weight excluding hydrogens is 306 g/mol. The van der Waals surface area contributed by atoms with Gasteiger partial charge in [-0.25, -0.2) is 17.9 Å². The maximum Gasteiger partial charge on any atom is 0.339 e. The number of carboxylic acids is 1. The highest BCUT2D eigenvalue weighted by Crippen LogP contribution is 2.22. The van der Waals surface area contributed by atoms with E-state index in [2.05, 4.69) is 4.72 Å². The molecule has 8 heteroatoms. The molecule has 1 rings (SSSR count). The smallest absolute Gasteiger partial charge is 0.339 e. The Morgan fingerprint density at radius 1 is 1.45 bits per heavy atom. The fourth-order valence-corrected chi connectivity index (χ4v) is 2.21. The van der Waals surface area contributed by atoms with Gasteiger partial charge < -0.3 is 9.84 Å². The summed E-state index contributed by atoms with van der Waals surface area (Å²) in [6.45, 7) is 1.99. The van der Waals surface area contributed by atoms with Crippen LogP contribution in [0.3, 0.4) is 0 Å². The highest BCUT2D eigenvalue weighted by molar-refractivity contribution is 7.89. The molecule has 0 aromatic heterocycles. The molecule has 0 saturated carbocycles. The lowest BCUT2D eigenvalue weighted by atomic mass is 10.2. The second kappa shape index (κ2) is 7.47. The average Bonchev–Trinajstić information content (AvgIpc) is 2.39. The molecule has 0 fully saturated rings. The first-order valence-corrected chi connectivity index (χ1v) is 8.01. The third kappa shape index (κ3) is 5.36. The van der Waals surface area contributed by atoms with Crippen LogP contribution in [0.15, 0.2) is 18.2 Å². The van der Waals surface area contributed by atoms with Crippen molar-refractivity contribution < 1.29 is 23.1 Å². The first kappa shape index (κ1) is 16.7. The van der Waals surface area contributed by atoms with Crippen molar-refractivity contribution in [2.45, 2.75) is 13.3 Å². The molecule has 20 heavy (non-hydrogen) atoms. The predicted octanol–water partition coefficient (Wildman–Crippen LogP) is 1.75. The van der Waals surface area contributed by atoms with Gasteiger partial charge >= 0.3 is 5.97 Å². The molecule has 0 radical (unpaired) electrons. The quantitative estimate of drug-likeness (QED) is 0.711. The van der Waals surface area contributed by atoms with E-state index in [0.29, 0.717) is 11.4 Å². The van der Waals surface area contributed by atoms with E-state index in [-0.39, 0.29) is 30.2 Å². The number of hydrogen-bond acceptors (Lipinski definition) is 4. The molecule has 2 N–H and O–H groups in total. The number of aromatic carboxylic acids is 1. The number of sulfonamides is 1. The highest BCUT2D eigenvalue weighted by atomic mass is 35.5. The van der Waals surface area contributed by atoms with Crippen molar-refractivity contribution in [1.82, 2.24) is 4.72 Å². The van der Waals surface area contributed by atoms with E-state index in [4.69, 9.17) is 21.4 Å². The average molecular weight is 322 g/mol. The molecule has 0 aliphatic rings. The lowest BCUT2D eigenvalue weighted by Gasteiger charge is -2.09. The minimum absolute atomic E-state index is 0.0216. The summed E-state index contributed by atoms with van der Waals surface area (Å²) in [6, 6.07) is 4.31. The summed E-state index contributed by atoms with van der Waals surface area (Å²) < 4.78 is 30.1. The number of carboxylic acid groups (broad SMARTS) is 1. The van der Waals surface area contributed by atoms with Gasteiger partial charge in [-0.05, 0) is 31.5 Å². The van der Waals surface area contributed by atoms with Crippen LogP contribution in [0.4, 0.5) is 0 Å². The zero-order valence-electron chi connectivity index (χ0n) is 10.9. The summed E-state index contributed by atoms with van der Waals surface area (Å²) >= 11 is 5.72. The van der Waals surface area contributed by atoms with Gasteiger partial charge in [0.25, 0.3) is 0 Å². The predicted molar refractivity (Wildman–Crippen MR) is 76.0 cm³/mol. The van der Waals surface area contributed by atoms with Crippen molar-refractivity contribution in [3.63, 3.8) is 0 Å². The maximum atomic E-state index is 11.2. The Labute approximate surface area is 122 Å². The number of benzene rings is 1. The Kier molecular flexibility index (Phi) is 6.25. The topological polar surface area (TPSA) is 92.7 Å². The first-order chi connectivity index (χ1) is 9.35. The van der Waals surface area contributed by atoms with Crippen LogP contribution in [0.25, 0.3) is 0 Å². The number of carbonyl (C=O) groups is 1. The summed E-state index contributed by atoms with van der Waals surface area (Å²) in [5.74, 6) is -0.900. The summed E-state index contributed by atoms with van der Waals surface area (Å²) in [7, 11) is -3.21. The van der Waals surface area contributed by atoms with Crippen molar-refractivity contribution in [1.29, 1.82) is 0 Å². The normalized spacial score (nSPS) is 11.3. The Hall–Kier alpha value is -1.31. The zero-order valence-corrected chi connectivity index (χ0v) is 12.5. The molecule has 0 saturated heterocycles. The number of rotatable bonds is 8. The Morgan fingerprint density at radius 3 is 2.75 bits per heavy atom. The highest BCUT2D eigenvalue weighted by Gasteiger charge is 2.12. The molecule has 0 unspecified atom stereocenters. The van der Waals surface area contributed by atoms with Crippen molar-refractivity contribution in [2.75, 3.05) is 18.9 Å². The second-order valence-corrected chi connectivity index (χ2v) is 6.48. The lowest BCUT2D eigenvalue weighted by molar-refractivity contribution is 0.0692. The molecule has 6 nitrogen and oxygen atoms in total. The van der Waals surface area contributed by atoms with Crippen molar-refractivity contribution in [3.8, 4) is 5.75 Å². The number of nitrogens with one attached hydrogen (secondary N) is 1. The Bertz CT molecular complexity index is 573. The Morgan fingerprint density at radius 2 is 2.15 bits per heavy atom. The summed E-state index contributed by atoms with van der Waals surface area (Å²) in [4.78, 5) is 11.0. The van der Waals surface area contributed by atoms with Gasteiger partial charge in [0.1, 0.15) is 11.3 Å². The fraction of sp³-hybridized carbons (Fsp3) is 0.417. The van der Waals surface area contributed by atoms with E-state index in [0.717, 1.165) is 0 Å².